The Labute approximate surface area is 130 Å². The van der Waals surface area contributed by atoms with Crippen LogP contribution in [0.2, 0.25) is 0 Å². The maximum absolute atomic E-state index is 12.1. The highest BCUT2D eigenvalue weighted by Crippen LogP contribution is 2.14. The zero-order chi connectivity index (χ0) is 15.4. The normalized spacial score (nSPS) is 17.0. The molecule has 3 N–H and O–H groups in total. The molecule has 0 unspecified atom stereocenters. The quantitative estimate of drug-likeness (QED) is 0.737. The Hall–Kier alpha value is -1.85. The molecule has 0 atom stereocenters. The summed E-state index contributed by atoms with van der Waals surface area (Å²) in [4.78, 5) is 17.6. The van der Waals surface area contributed by atoms with E-state index in [1.807, 2.05) is 30.5 Å². The number of amides is 1. The van der Waals surface area contributed by atoms with Crippen LogP contribution in [0.1, 0.15) is 29.6 Å². The third-order valence-electron chi connectivity index (χ3n) is 4.31. The Kier molecular flexibility index (Phi) is 4.75. The fourth-order valence-electron chi connectivity index (χ4n) is 2.94. The van der Waals surface area contributed by atoms with Gasteiger partial charge in [0.15, 0.2) is 0 Å². The van der Waals surface area contributed by atoms with Crippen molar-refractivity contribution in [3.63, 3.8) is 0 Å². The smallest absolute Gasteiger partial charge is 0.251 e. The lowest BCUT2D eigenvalue weighted by Gasteiger charge is -2.29. The average Bonchev–Trinajstić information content (AvgIpc) is 3.00. The van der Waals surface area contributed by atoms with E-state index < -0.39 is 0 Å². The number of carbonyl (C=O) groups excluding carboxylic acids is 1. The molecular weight excluding hydrogens is 278 g/mol. The molecule has 5 heteroatoms. The Morgan fingerprint density at radius 2 is 2.14 bits per heavy atom. The van der Waals surface area contributed by atoms with Crippen LogP contribution in [0.15, 0.2) is 30.5 Å². The van der Waals surface area contributed by atoms with Crippen LogP contribution in [0.4, 0.5) is 0 Å². The molecular formula is C17H23N3O2. The van der Waals surface area contributed by atoms with Gasteiger partial charge in [0.2, 0.25) is 0 Å². The maximum Gasteiger partial charge on any atom is 0.251 e. The second-order valence-electron chi connectivity index (χ2n) is 5.96. The highest BCUT2D eigenvalue weighted by atomic mass is 16.3. The third-order valence-corrected chi connectivity index (χ3v) is 4.31. The highest BCUT2D eigenvalue weighted by molar-refractivity contribution is 5.97. The van der Waals surface area contributed by atoms with E-state index in [0.717, 1.165) is 49.8 Å². The second kappa shape index (κ2) is 6.94. The summed E-state index contributed by atoms with van der Waals surface area (Å²) < 4.78 is 0. The van der Waals surface area contributed by atoms with Gasteiger partial charge in [0, 0.05) is 36.9 Å². The number of piperidine rings is 1. The Morgan fingerprint density at radius 1 is 1.32 bits per heavy atom. The third kappa shape index (κ3) is 3.67. The molecule has 1 aliphatic heterocycles. The number of fused-ring (bicyclic) bond motifs is 1. The number of hydrogen-bond acceptors (Lipinski definition) is 3. The number of rotatable bonds is 5. The number of aromatic amines is 1. The zero-order valence-electron chi connectivity index (χ0n) is 12.7. The van der Waals surface area contributed by atoms with Gasteiger partial charge in [-0.15, -0.1) is 0 Å². The van der Waals surface area contributed by atoms with Gasteiger partial charge in [0.25, 0.3) is 5.91 Å². The summed E-state index contributed by atoms with van der Waals surface area (Å²) >= 11 is 0. The summed E-state index contributed by atoms with van der Waals surface area (Å²) in [5.41, 5.74) is 1.68. The number of nitrogens with zero attached hydrogens (tertiary/aromatic N) is 1. The van der Waals surface area contributed by atoms with Crippen molar-refractivity contribution in [3.05, 3.63) is 36.0 Å². The number of nitrogens with one attached hydrogen (secondary N) is 2. The Morgan fingerprint density at radius 3 is 2.95 bits per heavy atom. The second-order valence-corrected chi connectivity index (χ2v) is 5.96. The molecule has 3 rings (SSSR count). The van der Waals surface area contributed by atoms with Crippen LogP contribution in [0.3, 0.4) is 0 Å². The molecule has 0 saturated carbocycles. The van der Waals surface area contributed by atoms with Gasteiger partial charge in [0.05, 0.1) is 6.10 Å². The summed E-state index contributed by atoms with van der Waals surface area (Å²) in [6, 6.07) is 7.70. The SMILES string of the molecule is O=C(NCCCN1CCC(O)CC1)c1ccc2cc[nH]c2c1. The van der Waals surface area contributed by atoms with Crippen molar-refractivity contribution < 1.29 is 9.90 Å². The van der Waals surface area contributed by atoms with E-state index in [2.05, 4.69) is 15.2 Å². The summed E-state index contributed by atoms with van der Waals surface area (Å²) in [6.07, 6.45) is 4.42. The van der Waals surface area contributed by atoms with Crippen LogP contribution in [0.5, 0.6) is 0 Å². The first-order valence-electron chi connectivity index (χ1n) is 7.98. The number of benzene rings is 1. The highest BCUT2D eigenvalue weighted by Gasteiger charge is 2.16. The van der Waals surface area contributed by atoms with Gasteiger partial charge in [0.1, 0.15) is 0 Å². The molecule has 1 aliphatic rings. The first kappa shape index (κ1) is 15.1. The molecule has 1 amide bonds. The van der Waals surface area contributed by atoms with Crippen molar-refractivity contribution >= 4 is 16.8 Å². The number of aliphatic hydroxyl groups excluding tert-OH is 1. The van der Waals surface area contributed by atoms with Crippen LogP contribution in [-0.2, 0) is 0 Å². The lowest BCUT2D eigenvalue weighted by molar-refractivity contribution is 0.0816. The minimum absolute atomic E-state index is 0.0226. The minimum Gasteiger partial charge on any atom is -0.393 e. The Balaban J connectivity index is 1.42. The van der Waals surface area contributed by atoms with Crippen LogP contribution < -0.4 is 5.32 Å². The summed E-state index contributed by atoms with van der Waals surface area (Å²) in [5, 5.41) is 13.6. The van der Waals surface area contributed by atoms with E-state index in [9.17, 15) is 9.90 Å². The van der Waals surface area contributed by atoms with E-state index in [4.69, 9.17) is 0 Å². The summed E-state index contributed by atoms with van der Waals surface area (Å²) in [5.74, 6) is -0.0226. The van der Waals surface area contributed by atoms with Crippen molar-refractivity contribution in [2.75, 3.05) is 26.2 Å². The molecule has 1 aromatic heterocycles. The van der Waals surface area contributed by atoms with Gasteiger partial charge in [-0.3, -0.25) is 4.79 Å². The lowest BCUT2D eigenvalue weighted by atomic mass is 10.1. The first-order valence-corrected chi connectivity index (χ1v) is 7.98. The fourth-order valence-corrected chi connectivity index (χ4v) is 2.94. The molecule has 5 nitrogen and oxygen atoms in total. The van der Waals surface area contributed by atoms with E-state index in [1.54, 1.807) is 0 Å². The van der Waals surface area contributed by atoms with Crippen molar-refractivity contribution in [1.29, 1.82) is 0 Å². The van der Waals surface area contributed by atoms with Gasteiger partial charge in [-0.25, -0.2) is 0 Å². The number of hydrogen-bond donors (Lipinski definition) is 3. The number of aliphatic hydroxyl groups is 1. The largest absolute Gasteiger partial charge is 0.393 e. The molecule has 22 heavy (non-hydrogen) atoms. The van der Waals surface area contributed by atoms with E-state index in [-0.39, 0.29) is 12.0 Å². The monoisotopic (exact) mass is 301 g/mol. The predicted octanol–water partition coefficient (Wildman–Crippen LogP) is 1.74. The van der Waals surface area contributed by atoms with Gasteiger partial charge >= 0.3 is 0 Å². The summed E-state index contributed by atoms with van der Waals surface area (Å²) in [6.45, 7) is 3.57. The van der Waals surface area contributed by atoms with E-state index in [1.165, 1.54) is 0 Å². The van der Waals surface area contributed by atoms with Crippen molar-refractivity contribution in [1.82, 2.24) is 15.2 Å². The standard InChI is InChI=1S/C17H23N3O2/c21-15-5-10-20(11-6-15)9-1-7-19-17(22)14-3-2-13-4-8-18-16(13)12-14/h2-4,8,12,15,18,21H,1,5-7,9-11H2,(H,19,22). The molecule has 2 aromatic rings. The molecule has 0 spiro atoms. The average molecular weight is 301 g/mol. The van der Waals surface area contributed by atoms with Gasteiger partial charge in [-0.2, -0.15) is 0 Å². The van der Waals surface area contributed by atoms with Gasteiger partial charge in [-0.1, -0.05) is 6.07 Å². The molecule has 0 radical (unpaired) electrons. The van der Waals surface area contributed by atoms with Crippen molar-refractivity contribution in [2.45, 2.75) is 25.4 Å². The molecule has 0 aliphatic carbocycles. The van der Waals surface area contributed by atoms with E-state index >= 15 is 0 Å². The molecule has 1 fully saturated rings. The number of carbonyl (C=O) groups is 1. The fraction of sp³-hybridized carbons (Fsp3) is 0.471. The van der Waals surface area contributed by atoms with Crippen LogP contribution in [0, 0.1) is 0 Å². The van der Waals surface area contributed by atoms with Crippen molar-refractivity contribution in [2.24, 2.45) is 0 Å². The molecule has 0 bridgehead atoms. The molecule has 1 saturated heterocycles. The summed E-state index contributed by atoms with van der Waals surface area (Å²) in [7, 11) is 0. The molecule has 1 aromatic carbocycles. The van der Waals surface area contributed by atoms with Crippen molar-refractivity contribution in [3.8, 4) is 0 Å². The number of H-pyrrole nitrogens is 1. The maximum atomic E-state index is 12.1. The topological polar surface area (TPSA) is 68.4 Å². The van der Waals surface area contributed by atoms with Crippen LogP contribution >= 0.6 is 0 Å². The minimum atomic E-state index is -0.126. The molecule has 2 heterocycles. The van der Waals surface area contributed by atoms with Crippen LogP contribution in [-0.4, -0.2) is 53.2 Å². The van der Waals surface area contributed by atoms with Gasteiger partial charge < -0.3 is 20.3 Å². The number of likely N-dealkylation sites (tertiary alicyclic amines) is 1. The first-order chi connectivity index (χ1) is 10.7. The van der Waals surface area contributed by atoms with E-state index in [0.29, 0.717) is 12.1 Å². The molecule has 118 valence electrons. The lowest BCUT2D eigenvalue weighted by Crippen LogP contribution is -2.37. The van der Waals surface area contributed by atoms with Gasteiger partial charge in [-0.05, 0) is 49.4 Å². The number of aromatic nitrogens is 1. The van der Waals surface area contributed by atoms with Crippen LogP contribution in [0.25, 0.3) is 10.9 Å². The predicted molar refractivity (Wildman–Crippen MR) is 86.9 cm³/mol. The zero-order valence-corrected chi connectivity index (χ0v) is 12.7. The Bertz CT molecular complexity index is 630.